The van der Waals surface area contributed by atoms with Crippen LogP contribution in [0.5, 0.6) is 0 Å². The molecule has 104 heavy (non-hydrogen) atoms. The van der Waals surface area contributed by atoms with E-state index in [0.717, 1.165) is 4.47 Å². The number of para-hydroxylation sites is 2. The predicted octanol–water partition coefficient (Wildman–Crippen LogP) is 29.2. The highest BCUT2D eigenvalue weighted by Gasteiger charge is 2.27. The van der Waals surface area contributed by atoms with Gasteiger partial charge in [-0.25, -0.2) is 0 Å². The fraction of sp³-hybridized carbons (Fsp3) is 0. The maximum atomic E-state index is 3.73. The number of benzene rings is 20. The Balaban J connectivity index is 0.000000111. The molecule has 484 valence electrons. The molecule has 0 spiro atoms. The van der Waals surface area contributed by atoms with Gasteiger partial charge in [-0.05, 0) is 189 Å². The van der Waals surface area contributed by atoms with Crippen molar-refractivity contribution in [3.05, 3.63) is 364 Å². The third-order valence-electron chi connectivity index (χ3n) is 22.5. The van der Waals surface area contributed by atoms with Gasteiger partial charge in [-0.2, -0.15) is 0 Å². The number of aromatic nitrogens is 2. The van der Waals surface area contributed by atoms with E-state index in [0.29, 0.717) is 0 Å². The SMILES string of the molecule is Brc1cccc(-c2ccc3c4c(cccc24)-c2ccccc2-3)c1.[CH3-].c1cc(-c2ccc3c4c(cccc24)-c2ccccc2-3)cc(-n2c3ccccc3c3c4c5ccccc5c5ccccc5c4c4ccccc4c32)c1.c1ccc2c(c1)[nH]c1c3ccccc3c3c4ccccc4c4ccccc4c3c21. The van der Waals surface area contributed by atoms with Crippen LogP contribution in [0.4, 0.5) is 0 Å². The normalized spacial score (nSPS) is 12.0. The van der Waals surface area contributed by atoms with Crippen LogP contribution in [-0.4, -0.2) is 9.55 Å². The number of rotatable bonds is 3. The fourth-order valence-electron chi connectivity index (χ4n) is 18.4. The van der Waals surface area contributed by atoms with Gasteiger partial charge in [0.2, 0.25) is 0 Å². The molecule has 0 saturated heterocycles. The molecule has 2 nitrogen and oxygen atoms in total. The fourth-order valence-corrected chi connectivity index (χ4v) is 18.8. The van der Waals surface area contributed by atoms with Crippen LogP contribution in [0.2, 0.25) is 0 Å². The lowest BCUT2D eigenvalue weighted by atomic mass is 9.88. The van der Waals surface area contributed by atoms with Crippen LogP contribution in [-0.2, 0) is 0 Å². The molecule has 0 atom stereocenters. The Morgan fingerprint density at radius 3 is 1.08 bits per heavy atom. The molecule has 0 saturated carbocycles. The second kappa shape index (κ2) is 23.3. The monoisotopic (exact) mass is 1380 g/mol. The number of nitrogens with zero attached hydrogens (tertiary/aromatic N) is 1. The molecule has 0 radical (unpaired) electrons. The Labute approximate surface area is 608 Å². The van der Waals surface area contributed by atoms with E-state index in [1.54, 1.807) is 0 Å². The van der Waals surface area contributed by atoms with E-state index in [-0.39, 0.29) is 7.43 Å². The number of H-pyrrole nitrogens is 1. The second-order valence-electron chi connectivity index (χ2n) is 27.7. The number of aromatic amines is 1. The molecule has 0 aliphatic heterocycles. The van der Waals surface area contributed by atoms with E-state index in [9.17, 15) is 0 Å². The summed E-state index contributed by atoms with van der Waals surface area (Å²) < 4.78 is 3.64. The second-order valence-corrected chi connectivity index (χ2v) is 28.6. The summed E-state index contributed by atoms with van der Waals surface area (Å²) in [5.74, 6) is 0. The van der Waals surface area contributed by atoms with Crippen molar-refractivity contribution in [3.8, 4) is 72.4 Å². The molecule has 0 bridgehead atoms. The molecule has 2 aromatic heterocycles. The van der Waals surface area contributed by atoms with Crippen molar-refractivity contribution in [2.45, 2.75) is 0 Å². The quantitative estimate of drug-likeness (QED) is 0.134. The van der Waals surface area contributed by atoms with E-state index in [1.165, 1.54) is 224 Å². The van der Waals surface area contributed by atoms with Gasteiger partial charge in [-0.1, -0.05) is 331 Å². The molecular weight excluding hydrogens is 1320 g/mol. The van der Waals surface area contributed by atoms with Crippen LogP contribution in [0.25, 0.3) is 224 Å². The van der Waals surface area contributed by atoms with Crippen molar-refractivity contribution >= 4 is 167 Å². The van der Waals surface area contributed by atoms with Gasteiger partial charge < -0.3 is 17.0 Å². The zero-order valence-corrected chi connectivity index (χ0v) is 58.4. The average Bonchev–Trinajstić information content (AvgIpc) is 1.28. The third kappa shape index (κ3) is 8.62. The number of nitrogens with one attached hydrogen (secondary N) is 1. The summed E-state index contributed by atoms with van der Waals surface area (Å²) in [5.41, 5.74) is 21.8. The third-order valence-corrected chi connectivity index (χ3v) is 23.0. The molecule has 0 fully saturated rings. The number of fused-ring (bicyclic) bond motifs is 32. The minimum absolute atomic E-state index is 0. The van der Waals surface area contributed by atoms with Crippen molar-refractivity contribution in [1.82, 2.24) is 9.55 Å². The highest BCUT2D eigenvalue weighted by atomic mass is 79.9. The summed E-state index contributed by atoms with van der Waals surface area (Å²) in [7, 11) is 0. The van der Waals surface area contributed by atoms with Gasteiger partial charge in [-0.3, -0.25) is 0 Å². The Morgan fingerprint density at radius 2 is 0.558 bits per heavy atom. The lowest BCUT2D eigenvalue weighted by Gasteiger charge is -2.17. The van der Waals surface area contributed by atoms with Crippen LogP contribution < -0.4 is 0 Å². The highest BCUT2D eigenvalue weighted by Crippen LogP contribution is 2.54. The van der Waals surface area contributed by atoms with Gasteiger partial charge in [0.15, 0.2) is 0 Å². The summed E-state index contributed by atoms with van der Waals surface area (Å²) in [5, 5.41) is 31.6. The first-order chi connectivity index (χ1) is 51.1. The zero-order valence-electron chi connectivity index (χ0n) is 56.8. The van der Waals surface area contributed by atoms with Crippen molar-refractivity contribution in [3.63, 3.8) is 0 Å². The van der Waals surface area contributed by atoms with Crippen molar-refractivity contribution < 1.29 is 0 Å². The van der Waals surface area contributed by atoms with E-state index >= 15 is 0 Å². The lowest BCUT2D eigenvalue weighted by Crippen LogP contribution is -1.96. The molecule has 0 unspecified atom stereocenters. The van der Waals surface area contributed by atoms with Gasteiger partial charge in [0, 0.05) is 58.8 Å². The topological polar surface area (TPSA) is 20.7 Å². The lowest BCUT2D eigenvalue weighted by molar-refractivity contribution is 1.19. The van der Waals surface area contributed by atoms with Gasteiger partial charge in [0.25, 0.3) is 0 Å². The average molecular weight is 1380 g/mol. The highest BCUT2D eigenvalue weighted by molar-refractivity contribution is 9.10. The Morgan fingerprint density at radius 1 is 0.212 bits per heavy atom. The van der Waals surface area contributed by atoms with Crippen molar-refractivity contribution in [1.29, 1.82) is 0 Å². The summed E-state index contributed by atoms with van der Waals surface area (Å²) in [4.78, 5) is 3.73. The summed E-state index contributed by atoms with van der Waals surface area (Å²) in [6, 6.07) is 129. The maximum absolute atomic E-state index is 3.73. The molecule has 22 aromatic rings. The predicted molar refractivity (Wildman–Crippen MR) is 452 cm³/mol. The van der Waals surface area contributed by atoms with E-state index in [4.69, 9.17) is 0 Å². The van der Waals surface area contributed by atoms with Crippen molar-refractivity contribution in [2.75, 3.05) is 0 Å². The zero-order chi connectivity index (χ0) is 67.5. The molecular formula is C101H62BrN2-. The van der Waals surface area contributed by atoms with E-state index < -0.39 is 0 Å². The van der Waals surface area contributed by atoms with E-state index in [2.05, 4.69) is 377 Å². The first kappa shape index (κ1) is 59.9. The molecule has 3 heteroatoms. The van der Waals surface area contributed by atoms with Gasteiger partial charge >= 0.3 is 0 Å². The number of halogens is 1. The van der Waals surface area contributed by atoms with Crippen LogP contribution in [0.1, 0.15) is 0 Å². The number of hydrogen-bond acceptors (Lipinski definition) is 0. The van der Waals surface area contributed by atoms with Gasteiger partial charge in [0.05, 0.1) is 16.6 Å². The van der Waals surface area contributed by atoms with Crippen molar-refractivity contribution in [2.24, 2.45) is 0 Å². The molecule has 0 amide bonds. The number of hydrogen-bond donors (Lipinski definition) is 1. The molecule has 24 rings (SSSR count). The largest absolute Gasteiger partial charge is 0.358 e. The standard InChI is InChI=1S/C50H29N.C28H17N.C22H13Br.CH3/c1-2-18-36-33(15-1)38-25-12-24-37-32(27-28-42(36)46(37)38)30-13-11-14-31(29-30)51-45-26-10-9-23-44(45)49-48-40-20-6-4-17-35(40)34-16-3-5-19-39(34)47(48)41-21-7-8-22-43(41)50(49)51;1-3-11-19-17(9-1)18-10-2-4-12-20(18)26-25(19)21-13-5-6-14-22(21)28-27(26)23-15-7-8-16-24(23)29-28;23-15-6-3-5-14(13-15)16-11-12-21-18-8-2-1-7-17(18)20-10-4-9-19(16)22(20)21;/h1-29H;1-16,29H;1-13H;1H3/q;;;-1. The van der Waals surface area contributed by atoms with Gasteiger partial charge in [-0.15, -0.1) is 0 Å². The van der Waals surface area contributed by atoms with E-state index in [1.807, 2.05) is 0 Å². The molecule has 2 aliphatic carbocycles. The maximum Gasteiger partial charge on any atom is 0.0626 e. The smallest absolute Gasteiger partial charge is 0.0626 e. The van der Waals surface area contributed by atoms with Crippen LogP contribution in [0.15, 0.2) is 356 Å². The van der Waals surface area contributed by atoms with Gasteiger partial charge in [0.1, 0.15) is 0 Å². The Bertz CT molecular complexity index is 7390. The summed E-state index contributed by atoms with van der Waals surface area (Å²) >= 11 is 3.59. The van der Waals surface area contributed by atoms with Crippen LogP contribution in [0, 0.1) is 7.43 Å². The minimum Gasteiger partial charge on any atom is -0.358 e. The molecule has 1 N–H and O–H groups in total. The Hall–Kier alpha value is -12.9. The van der Waals surface area contributed by atoms with Crippen LogP contribution in [0.3, 0.4) is 0 Å². The molecule has 20 aromatic carbocycles. The summed E-state index contributed by atoms with van der Waals surface area (Å²) in [6.45, 7) is 0. The molecule has 2 aliphatic rings. The summed E-state index contributed by atoms with van der Waals surface area (Å²) in [6.07, 6.45) is 0. The first-order valence-electron chi connectivity index (χ1n) is 35.6. The first-order valence-corrected chi connectivity index (χ1v) is 36.4. The van der Waals surface area contributed by atoms with Crippen LogP contribution >= 0.6 is 15.9 Å². The minimum atomic E-state index is 0. The molecule has 2 heterocycles. The Kier molecular flexibility index (Phi) is 13.4.